The molecule has 0 bridgehead atoms. The number of carbonyl (C=O) groups is 2. The largest absolute Gasteiger partial charge is 0.497 e. The van der Waals surface area contributed by atoms with Gasteiger partial charge in [-0.05, 0) is 74.1 Å². The molecule has 0 unspecified atom stereocenters. The number of anilines is 1. The van der Waals surface area contributed by atoms with Crippen molar-refractivity contribution in [3.8, 4) is 5.75 Å². The summed E-state index contributed by atoms with van der Waals surface area (Å²) >= 11 is 0. The zero-order valence-electron chi connectivity index (χ0n) is 22.9. The van der Waals surface area contributed by atoms with Crippen molar-refractivity contribution >= 4 is 27.5 Å². The molecule has 0 saturated heterocycles. The van der Waals surface area contributed by atoms with Crippen molar-refractivity contribution in [3.05, 3.63) is 59.2 Å². The SMILES string of the molecule is CCCNC(=O)[C@H](CC)N(Cc1cccc(OC)c1)C(=O)CCCN(c1ccc(C)c(C)c1)S(C)(=O)=O. The minimum absolute atomic E-state index is 0.110. The van der Waals surface area contributed by atoms with Crippen LogP contribution in [-0.2, 0) is 26.2 Å². The second kappa shape index (κ2) is 14.0. The van der Waals surface area contributed by atoms with Gasteiger partial charge in [0.1, 0.15) is 11.8 Å². The Morgan fingerprint density at radius 2 is 1.78 bits per heavy atom. The van der Waals surface area contributed by atoms with Gasteiger partial charge < -0.3 is 15.0 Å². The molecule has 204 valence electrons. The lowest BCUT2D eigenvalue weighted by Crippen LogP contribution is -2.49. The molecule has 0 aliphatic heterocycles. The third kappa shape index (κ3) is 8.77. The van der Waals surface area contributed by atoms with Crippen molar-refractivity contribution in [2.24, 2.45) is 0 Å². The zero-order valence-corrected chi connectivity index (χ0v) is 23.7. The van der Waals surface area contributed by atoms with E-state index < -0.39 is 16.1 Å². The van der Waals surface area contributed by atoms with Crippen LogP contribution in [0.15, 0.2) is 42.5 Å². The first-order valence-corrected chi connectivity index (χ1v) is 14.6. The number of amides is 2. The molecule has 0 fully saturated rings. The summed E-state index contributed by atoms with van der Waals surface area (Å²) in [6.07, 6.45) is 2.86. The fraction of sp³-hybridized carbons (Fsp3) is 0.500. The van der Waals surface area contributed by atoms with E-state index in [9.17, 15) is 18.0 Å². The third-order valence-corrected chi connectivity index (χ3v) is 7.55. The lowest BCUT2D eigenvalue weighted by atomic mass is 10.1. The molecule has 37 heavy (non-hydrogen) atoms. The summed E-state index contributed by atoms with van der Waals surface area (Å²) in [6, 6.07) is 12.3. The molecule has 2 amide bonds. The number of hydrogen-bond donors (Lipinski definition) is 1. The monoisotopic (exact) mass is 531 g/mol. The molecule has 0 heterocycles. The predicted octanol–water partition coefficient (Wildman–Crippen LogP) is 4.19. The first kappa shape index (κ1) is 30.2. The van der Waals surface area contributed by atoms with E-state index in [2.05, 4.69) is 5.32 Å². The maximum Gasteiger partial charge on any atom is 0.242 e. The van der Waals surface area contributed by atoms with Gasteiger partial charge in [0.25, 0.3) is 0 Å². The van der Waals surface area contributed by atoms with Crippen LogP contribution in [0.4, 0.5) is 5.69 Å². The molecule has 0 saturated carbocycles. The standard InChI is InChI=1S/C28H41N3O5S/c1-7-16-29-28(33)26(8-2)30(20-23-11-9-12-25(19-23)36-5)27(32)13-10-17-31(37(6,34)35)24-15-14-21(3)22(4)18-24/h9,11-12,14-15,18-19,26H,7-8,10,13,16-17,20H2,1-6H3,(H,29,33)/t26-/m0/s1. The summed E-state index contributed by atoms with van der Waals surface area (Å²) in [5.41, 5.74) is 3.50. The Bertz CT molecular complexity index is 1170. The van der Waals surface area contributed by atoms with Crippen molar-refractivity contribution in [3.63, 3.8) is 0 Å². The average molecular weight is 532 g/mol. The number of methoxy groups -OCH3 is 1. The van der Waals surface area contributed by atoms with E-state index in [0.717, 1.165) is 23.1 Å². The molecule has 1 atom stereocenters. The van der Waals surface area contributed by atoms with E-state index in [1.165, 1.54) is 10.6 Å². The van der Waals surface area contributed by atoms with Gasteiger partial charge in [0.15, 0.2) is 0 Å². The number of benzene rings is 2. The van der Waals surface area contributed by atoms with Crippen LogP contribution in [0, 0.1) is 13.8 Å². The average Bonchev–Trinajstić information content (AvgIpc) is 2.86. The number of nitrogens with zero attached hydrogens (tertiary/aromatic N) is 2. The molecule has 1 N–H and O–H groups in total. The van der Waals surface area contributed by atoms with Crippen molar-refractivity contribution in [2.45, 2.75) is 66.0 Å². The molecule has 0 aromatic heterocycles. The smallest absolute Gasteiger partial charge is 0.242 e. The Morgan fingerprint density at radius 3 is 2.38 bits per heavy atom. The van der Waals surface area contributed by atoms with Gasteiger partial charge in [-0.15, -0.1) is 0 Å². The molecule has 2 aromatic carbocycles. The van der Waals surface area contributed by atoms with Crippen molar-refractivity contribution < 1.29 is 22.7 Å². The highest BCUT2D eigenvalue weighted by molar-refractivity contribution is 7.92. The van der Waals surface area contributed by atoms with E-state index in [4.69, 9.17) is 4.74 Å². The van der Waals surface area contributed by atoms with Gasteiger partial charge in [-0.25, -0.2) is 8.42 Å². The van der Waals surface area contributed by atoms with E-state index in [1.807, 2.05) is 64.1 Å². The topological polar surface area (TPSA) is 96.0 Å². The Labute approximate surface area is 222 Å². The summed E-state index contributed by atoms with van der Waals surface area (Å²) in [5.74, 6) is 0.286. The van der Waals surface area contributed by atoms with E-state index in [-0.39, 0.29) is 31.3 Å². The summed E-state index contributed by atoms with van der Waals surface area (Å²) < 4.78 is 31.8. The van der Waals surface area contributed by atoms with Crippen LogP contribution in [0.5, 0.6) is 5.75 Å². The van der Waals surface area contributed by atoms with Crippen LogP contribution >= 0.6 is 0 Å². The molecular formula is C28H41N3O5S. The van der Waals surface area contributed by atoms with Gasteiger partial charge in [-0.2, -0.15) is 0 Å². The second-order valence-electron chi connectivity index (χ2n) is 9.30. The second-order valence-corrected chi connectivity index (χ2v) is 11.2. The Balaban J connectivity index is 2.24. The Hall–Kier alpha value is -3.07. The van der Waals surface area contributed by atoms with Gasteiger partial charge in [0.2, 0.25) is 21.8 Å². The molecule has 0 aliphatic carbocycles. The quantitative estimate of drug-likeness (QED) is 0.394. The highest BCUT2D eigenvalue weighted by atomic mass is 32.2. The molecule has 2 rings (SSSR count). The first-order valence-electron chi connectivity index (χ1n) is 12.8. The molecule has 0 aliphatic rings. The van der Waals surface area contributed by atoms with Gasteiger partial charge in [0.05, 0.1) is 19.1 Å². The number of carbonyl (C=O) groups excluding carboxylic acids is 2. The number of hydrogen-bond acceptors (Lipinski definition) is 5. The third-order valence-electron chi connectivity index (χ3n) is 6.35. The van der Waals surface area contributed by atoms with Crippen LogP contribution in [0.1, 0.15) is 56.2 Å². The van der Waals surface area contributed by atoms with Crippen molar-refractivity contribution in [1.29, 1.82) is 0 Å². The summed E-state index contributed by atoms with van der Waals surface area (Å²) in [4.78, 5) is 28.0. The zero-order chi connectivity index (χ0) is 27.6. The summed E-state index contributed by atoms with van der Waals surface area (Å²) in [6.45, 7) is 8.72. The lowest BCUT2D eigenvalue weighted by molar-refractivity contribution is -0.141. The van der Waals surface area contributed by atoms with Gasteiger partial charge in [-0.3, -0.25) is 13.9 Å². The predicted molar refractivity (Wildman–Crippen MR) is 148 cm³/mol. The number of aryl methyl sites for hydroxylation is 2. The fourth-order valence-electron chi connectivity index (χ4n) is 4.14. The van der Waals surface area contributed by atoms with Crippen LogP contribution in [0.2, 0.25) is 0 Å². The minimum Gasteiger partial charge on any atom is -0.497 e. The molecule has 2 aromatic rings. The van der Waals surface area contributed by atoms with E-state index >= 15 is 0 Å². The normalized spacial score (nSPS) is 12.1. The molecule has 8 nitrogen and oxygen atoms in total. The van der Waals surface area contributed by atoms with E-state index in [1.54, 1.807) is 18.1 Å². The maximum absolute atomic E-state index is 13.5. The molecule has 9 heteroatoms. The number of rotatable bonds is 14. The molecule has 0 spiro atoms. The van der Waals surface area contributed by atoms with E-state index in [0.29, 0.717) is 30.8 Å². The highest BCUT2D eigenvalue weighted by Gasteiger charge is 2.28. The number of sulfonamides is 1. The number of ether oxygens (including phenoxy) is 1. The van der Waals surface area contributed by atoms with Crippen LogP contribution < -0.4 is 14.4 Å². The van der Waals surface area contributed by atoms with Crippen molar-refractivity contribution in [1.82, 2.24) is 10.2 Å². The molecular weight excluding hydrogens is 490 g/mol. The Kier molecular flexibility index (Phi) is 11.4. The lowest BCUT2D eigenvalue weighted by Gasteiger charge is -2.31. The van der Waals surface area contributed by atoms with Crippen LogP contribution in [0.3, 0.4) is 0 Å². The highest BCUT2D eigenvalue weighted by Crippen LogP contribution is 2.23. The fourth-order valence-corrected chi connectivity index (χ4v) is 5.09. The first-order chi connectivity index (χ1) is 17.5. The van der Waals surface area contributed by atoms with Crippen LogP contribution in [0.25, 0.3) is 0 Å². The van der Waals surface area contributed by atoms with Crippen LogP contribution in [-0.4, -0.2) is 57.6 Å². The minimum atomic E-state index is -3.54. The number of nitrogens with one attached hydrogen (secondary N) is 1. The van der Waals surface area contributed by atoms with Crippen molar-refractivity contribution in [2.75, 3.05) is 30.8 Å². The van der Waals surface area contributed by atoms with Gasteiger partial charge in [0, 0.05) is 26.1 Å². The van der Waals surface area contributed by atoms with Gasteiger partial charge in [-0.1, -0.05) is 32.0 Å². The summed E-state index contributed by atoms with van der Waals surface area (Å²) in [7, 11) is -1.95. The summed E-state index contributed by atoms with van der Waals surface area (Å²) in [5, 5.41) is 2.91. The molecule has 0 radical (unpaired) electrons. The van der Waals surface area contributed by atoms with Gasteiger partial charge >= 0.3 is 0 Å². The Morgan fingerprint density at radius 1 is 1.05 bits per heavy atom. The maximum atomic E-state index is 13.5.